The van der Waals surface area contributed by atoms with Crippen LogP contribution in [0, 0.1) is 0 Å². The summed E-state index contributed by atoms with van der Waals surface area (Å²) in [5, 5.41) is 6.78. The predicted molar refractivity (Wildman–Crippen MR) is 77.4 cm³/mol. The number of piperidine rings is 2. The molecule has 2 bridgehead atoms. The molecule has 3 fully saturated rings. The number of carbonyl (C=O) groups excluding carboxylic acids is 2. The van der Waals surface area contributed by atoms with Crippen LogP contribution in [0.1, 0.15) is 25.7 Å². The van der Waals surface area contributed by atoms with Gasteiger partial charge in [0.05, 0.1) is 6.04 Å². The smallest absolute Gasteiger partial charge is 0.350 e. The molecule has 130 valence electrons. The first kappa shape index (κ1) is 16.4. The van der Waals surface area contributed by atoms with E-state index in [4.69, 9.17) is 4.55 Å². The number of hydroxylamine groups is 2. The van der Waals surface area contributed by atoms with Gasteiger partial charge in [-0.15, -0.1) is 4.28 Å². The van der Waals surface area contributed by atoms with Gasteiger partial charge in [-0.1, -0.05) is 0 Å². The summed E-state index contributed by atoms with van der Waals surface area (Å²) in [7, 11) is -4.77. The Morgan fingerprint density at radius 1 is 1.35 bits per heavy atom. The molecule has 0 aliphatic carbocycles. The van der Waals surface area contributed by atoms with Crippen LogP contribution in [0.5, 0.6) is 0 Å². The lowest BCUT2D eigenvalue weighted by molar-refractivity contribution is -0.126. The Morgan fingerprint density at radius 2 is 2.13 bits per heavy atom. The molecule has 3 saturated heterocycles. The topological polar surface area (TPSA) is 128 Å². The predicted octanol–water partition coefficient (Wildman–Crippen LogP) is -1.14. The number of fused-ring (bicyclic) bond motifs is 2. The van der Waals surface area contributed by atoms with Crippen LogP contribution < -0.4 is 10.6 Å². The third-order valence-corrected chi connectivity index (χ3v) is 4.79. The van der Waals surface area contributed by atoms with Crippen LogP contribution in [0.2, 0.25) is 0 Å². The standard InChI is InChI=1S/C12H20N4O6S/c17-11(14-8-2-1-5-13-6-8)10-4-3-9-7-15(10)12(18)16(9)22-23(19,20)21/h8-10,13H,1-7H2,(H,14,17)(H,19,20,21)/t8?,9-,10-/m1/s1. The van der Waals surface area contributed by atoms with Crippen molar-refractivity contribution in [3.63, 3.8) is 0 Å². The van der Waals surface area contributed by atoms with Gasteiger partial charge in [0.1, 0.15) is 6.04 Å². The van der Waals surface area contributed by atoms with Gasteiger partial charge in [0.25, 0.3) is 0 Å². The fourth-order valence-electron chi connectivity index (χ4n) is 3.38. The number of hydrogen-bond acceptors (Lipinski definition) is 6. The second kappa shape index (κ2) is 6.23. The van der Waals surface area contributed by atoms with Crippen molar-refractivity contribution in [2.24, 2.45) is 0 Å². The maximum atomic E-state index is 12.4. The fourth-order valence-corrected chi connectivity index (χ4v) is 3.76. The van der Waals surface area contributed by atoms with Crippen molar-refractivity contribution in [1.82, 2.24) is 20.6 Å². The van der Waals surface area contributed by atoms with Crippen molar-refractivity contribution in [1.29, 1.82) is 0 Å². The van der Waals surface area contributed by atoms with Gasteiger partial charge in [-0.2, -0.15) is 13.5 Å². The van der Waals surface area contributed by atoms with Crippen molar-refractivity contribution in [2.75, 3.05) is 19.6 Å². The minimum absolute atomic E-state index is 0.0388. The highest BCUT2D eigenvalue weighted by molar-refractivity contribution is 7.80. The maximum absolute atomic E-state index is 12.4. The van der Waals surface area contributed by atoms with E-state index >= 15 is 0 Å². The number of hydrogen-bond donors (Lipinski definition) is 3. The van der Waals surface area contributed by atoms with Crippen molar-refractivity contribution in [2.45, 2.75) is 43.8 Å². The monoisotopic (exact) mass is 348 g/mol. The van der Waals surface area contributed by atoms with Crippen LogP contribution in [0.4, 0.5) is 4.79 Å². The number of urea groups is 1. The molecule has 1 unspecified atom stereocenters. The third kappa shape index (κ3) is 3.57. The van der Waals surface area contributed by atoms with Crippen LogP contribution in [0.15, 0.2) is 0 Å². The van der Waals surface area contributed by atoms with Gasteiger partial charge in [-0.05, 0) is 32.2 Å². The van der Waals surface area contributed by atoms with Gasteiger partial charge in [0.2, 0.25) is 5.91 Å². The molecular weight excluding hydrogens is 328 g/mol. The first-order valence-electron chi connectivity index (χ1n) is 7.63. The second-order valence-corrected chi connectivity index (χ2v) is 7.07. The Morgan fingerprint density at radius 3 is 2.78 bits per heavy atom. The van der Waals surface area contributed by atoms with Crippen LogP contribution in [0.3, 0.4) is 0 Å². The quantitative estimate of drug-likeness (QED) is 0.548. The molecule has 0 spiro atoms. The average molecular weight is 348 g/mol. The maximum Gasteiger partial charge on any atom is 0.418 e. The van der Waals surface area contributed by atoms with Gasteiger partial charge >= 0.3 is 16.4 Å². The summed E-state index contributed by atoms with van der Waals surface area (Å²) in [4.78, 5) is 26.0. The zero-order chi connectivity index (χ0) is 16.6. The second-order valence-electron chi connectivity index (χ2n) is 6.06. The lowest BCUT2D eigenvalue weighted by Gasteiger charge is -2.32. The normalized spacial score (nSPS) is 31.3. The van der Waals surface area contributed by atoms with E-state index in [1.807, 2.05) is 0 Å². The molecule has 0 aromatic carbocycles. The molecule has 3 heterocycles. The average Bonchev–Trinajstić information content (AvgIpc) is 2.72. The Balaban J connectivity index is 1.64. The van der Waals surface area contributed by atoms with Gasteiger partial charge in [0, 0.05) is 19.1 Å². The molecule has 23 heavy (non-hydrogen) atoms. The number of amides is 3. The van der Waals surface area contributed by atoms with E-state index in [-0.39, 0.29) is 18.5 Å². The van der Waals surface area contributed by atoms with Gasteiger partial charge in [0.15, 0.2) is 0 Å². The highest BCUT2D eigenvalue weighted by Gasteiger charge is 2.49. The lowest BCUT2D eigenvalue weighted by Crippen LogP contribution is -2.54. The highest BCUT2D eigenvalue weighted by Crippen LogP contribution is 2.30. The Kier molecular flexibility index (Phi) is 4.45. The molecule has 10 nitrogen and oxygen atoms in total. The first-order chi connectivity index (χ1) is 10.8. The van der Waals surface area contributed by atoms with E-state index in [2.05, 4.69) is 14.9 Å². The number of nitrogens with zero attached hydrogens (tertiary/aromatic N) is 2. The van der Waals surface area contributed by atoms with E-state index in [0.717, 1.165) is 19.4 Å². The first-order valence-corrected chi connectivity index (χ1v) is 8.99. The molecule has 3 rings (SSSR count). The number of rotatable bonds is 4. The van der Waals surface area contributed by atoms with E-state index in [1.54, 1.807) is 0 Å². The molecule has 11 heteroatoms. The van der Waals surface area contributed by atoms with Crippen molar-refractivity contribution >= 4 is 22.3 Å². The van der Waals surface area contributed by atoms with Crippen LogP contribution >= 0.6 is 0 Å². The fraction of sp³-hybridized carbons (Fsp3) is 0.833. The van der Waals surface area contributed by atoms with Crippen LogP contribution in [-0.2, 0) is 19.5 Å². The number of carbonyl (C=O) groups is 2. The Bertz CT molecular complexity index is 590. The molecule has 0 radical (unpaired) electrons. The summed E-state index contributed by atoms with van der Waals surface area (Å²) in [6.45, 7) is 1.84. The summed E-state index contributed by atoms with van der Waals surface area (Å²) in [5.74, 6) is -0.237. The molecule has 0 aromatic heterocycles. The largest absolute Gasteiger partial charge is 0.418 e. The number of nitrogens with one attached hydrogen (secondary N) is 2. The van der Waals surface area contributed by atoms with Crippen LogP contribution in [0.25, 0.3) is 0 Å². The summed E-state index contributed by atoms with van der Waals surface area (Å²) >= 11 is 0. The van der Waals surface area contributed by atoms with E-state index < -0.39 is 28.5 Å². The Labute approximate surface area is 134 Å². The van der Waals surface area contributed by atoms with E-state index in [9.17, 15) is 18.0 Å². The molecule has 0 saturated carbocycles. The molecule has 3 N–H and O–H groups in total. The Hall–Kier alpha value is -1.43. The van der Waals surface area contributed by atoms with E-state index in [1.165, 1.54) is 4.90 Å². The van der Waals surface area contributed by atoms with E-state index in [0.29, 0.717) is 24.4 Å². The third-order valence-electron chi connectivity index (χ3n) is 4.44. The van der Waals surface area contributed by atoms with Crippen LogP contribution in [-0.4, -0.2) is 72.6 Å². The van der Waals surface area contributed by atoms with Gasteiger partial charge < -0.3 is 15.5 Å². The van der Waals surface area contributed by atoms with Gasteiger partial charge in [-0.3, -0.25) is 9.35 Å². The molecule has 3 atom stereocenters. The highest BCUT2D eigenvalue weighted by atomic mass is 32.3. The zero-order valence-corrected chi connectivity index (χ0v) is 13.3. The zero-order valence-electron chi connectivity index (χ0n) is 12.5. The van der Waals surface area contributed by atoms with Crippen molar-refractivity contribution in [3.8, 4) is 0 Å². The molecular formula is C12H20N4O6S. The summed E-state index contributed by atoms with van der Waals surface area (Å²) in [6, 6.07) is -1.80. The SMILES string of the molecule is O=C(NC1CCCNC1)[C@H]1CC[C@@H]2CN1C(=O)N2OS(=O)(=O)O. The summed E-state index contributed by atoms with van der Waals surface area (Å²) < 4.78 is 34.8. The van der Waals surface area contributed by atoms with Crippen molar-refractivity contribution in [3.05, 3.63) is 0 Å². The lowest BCUT2D eigenvalue weighted by atomic mass is 9.99. The molecule has 3 aliphatic heterocycles. The molecule has 0 aromatic rings. The molecule has 3 aliphatic rings. The summed E-state index contributed by atoms with van der Waals surface area (Å²) in [6.07, 6.45) is 2.73. The summed E-state index contributed by atoms with van der Waals surface area (Å²) in [5.41, 5.74) is 0. The minimum Gasteiger partial charge on any atom is -0.350 e. The molecule has 3 amide bonds. The van der Waals surface area contributed by atoms with Crippen molar-refractivity contribution < 1.29 is 26.8 Å². The minimum atomic E-state index is -4.77. The van der Waals surface area contributed by atoms with Gasteiger partial charge in [-0.25, -0.2) is 4.79 Å².